The average molecular weight is 309 g/mol. The molecular formula is C13H13F2N5O2. The topological polar surface area (TPSA) is 102 Å². The third-order valence-corrected chi connectivity index (χ3v) is 2.59. The fraction of sp³-hybridized carbons (Fsp3) is 0.154. The molecule has 7 nitrogen and oxygen atoms in total. The number of rotatable bonds is 6. The molecule has 0 aliphatic carbocycles. The van der Waals surface area contributed by atoms with Crippen LogP contribution in [-0.2, 0) is 16.1 Å². The molecule has 1 aromatic carbocycles. The van der Waals surface area contributed by atoms with Crippen LogP contribution in [0.4, 0.5) is 20.3 Å². The van der Waals surface area contributed by atoms with Gasteiger partial charge >= 0.3 is 0 Å². The van der Waals surface area contributed by atoms with Gasteiger partial charge in [-0.15, -0.1) is 0 Å². The number of nitrogens with zero attached hydrogens (tertiary/aromatic N) is 2. The number of hydrogen-bond donors (Lipinski definition) is 3. The molecule has 4 N–H and O–H groups in total. The number of hydrogen-bond acceptors (Lipinski definition) is 4. The van der Waals surface area contributed by atoms with E-state index in [-0.39, 0.29) is 18.8 Å². The minimum Gasteiger partial charge on any atom is -0.368 e. The Hall–Kier alpha value is -2.97. The van der Waals surface area contributed by atoms with Crippen LogP contribution in [0, 0.1) is 11.6 Å². The Morgan fingerprint density at radius 3 is 2.77 bits per heavy atom. The third-order valence-electron chi connectivity index (χ3n) is 2.59. The van der Waals surface area contributed by atoms with Gasteiger partial charge in [0.25, 0.3) is 0 Å². The van der Waals surface area contributed by atoms with E-state index >= 15 is 0 Å². The molecule has 22 heavy (non-hydrogen) atoms. The van der Waals surface area contributed by atoms with E-state index < -0.39 is 23.4 Å². The van der Waals surface area contributed by atoms with Crippen LogP contribution in [0.25, 0.3) is 0 Å². The van der Waals surface area contributed by atoms with Crippen LogP contribution in [0.3, 0.4) is 0 Å². The first-order valence-electron chi connectivity index (χ1n) is 6.24. The summed E-state index contributed by atoms with van der Waals surface area (Å²) >= 11 is 0. The maximum Gasteiger partial charge on any atom is 0.243 e. The molecule has 116 valence electrons. The van der Waals surface area contributed by atoms with E-state index in [0.717, 1.165) is 18.2 Å². The Kier molecular flexibility index (Phi) is 4.66. The van der Waals surface area contributed by atoms with E-state index in [1.807, 2.05) is 0 Å². The summed E-state index contributed by atoms with van der Waals surface area (Å²) in [7, 11) is 0. The zero-order valence-corrected chi connectivity index (χ0v) is 11.3. The Balaban J connectivity index is 1.88. The maximum absolute atomic E-state index is 13.4. The summed E-state index contributed by atoms with van der Waals surface area (Å²) in [6.45, 7) is -0.286. The maximum atomic E-state index is 13.4. The number of primary amides is 1. The lowest BCUT2D eigenvalue weighted by molar-refractivity contribution is -0.118. The summed E-state index contributed by atoms with van der Waals surface area (Å²) in [6.07, 6.45) is 1.51. The number of carbonyl (C=O) groups is 2. The lowest BCUT2D eigenvalue weighted by atomic mass is 10.3. The van der Waals surface area contributed by atoms with Gasteiger partial charge in [0.15, 0.2) is 0 Å². The van der Waals surface area contributed by atoms with Crippen LogP contribution >= 0.6 is 0 Å². The second-order valence-electron chi connectivity index (χ2n) is 4.39. The van der Waals surface area contributed by atoms with Crippen molar-refractivity contribution in [1.82, 2.24) is 9.78 Å². The molecule has 0 aliphatic heterocycles. The van der Waals surface area contributed by atoms with Crippen molar-refractivity contribution in [3.05, 3.63) is 42.1 Å². The third kappa shape index (κ3) is 4.27. The Morgan fingerprint density at radius 1 is 1.27 bits per heavy atom. The summed E-state index contributed by atoms with van der Waals surface area (Å²) in [5, 5.41) is 8.87. The molecule has 0 atom stereocenters. The predicted octanol–water partition coefficient (Wildman–Crippen LogP) is 0.697. The van der Waals surface area contributed by atoms with Gasteiger partial charge in [-0.2, -0.15) is 5.10 Å². The second-order valence-corrected chi connectivity index (χ2v) is 4.39. The molecule has 0 bridgehead atoms. The van der Waals surface area contributed by atoms with E-state index in [0.29, 0.717) is 5.82 Å². The molecule has 0 saturated carbocycles. The molecule has 0 fully saturated rings. The van der Waals surface area contributed by atoms with Gasteiger partial charge in [0.1, 0.15) is 24.0 Å². The summed E-state index contributed by atoms with van der Waals surface area (Å²) < 4.78 is 27.6. The van der Waals surface area contributed by atoms with Gasteiger partial charge < -0.3 is 16.4 Å². The van der Waals surface area contributed by atoms with Crippen LogP contribution in [0.15, 0.2) is 30.5 Å². The smallest absolute Gasteiger partial charge is 0.243 e. The number of amides is 2. The van der Waals surface area contributed by atoms with E-state index in [2.05, 4.69) is 15.7 Å². The monoisotopic (exact) mass is 309 g/mol. The number of nitrogens with two attached hydrogens (primary N) is 1. The largest absolute Gasteiger partial charge is 0.368 e. The zero-order valence-electron chi connectivity index (χ0n) is 11.3. The Bertz CT molecular complexity index is 701. The lowest BCUT2D eigenvalue weighted by Crippen LogP contribution is -2.23. The van der Waals surface area contributed by atoms with Crippen molar-refractivity contribution in [3.8, 4) is 0 Å². The van der Waals surface area contributed by atoms with Crippen LogP contribution in [-0.4, -0.2) is 28.1 Å². The minimum atomic E-state index is -0.736. The highest BCUT2D eigenvalue weighted by molar-refractivity contribution is 5.93. The van der Waals surface area contributed by atoms with Crippen LogP contribution in [0.1, 0.15) is 0 Å². The summed E-state index contributed by atoms with van der Waals surface area (Å²) in [4.78, 5) is 22.4. The van der Waals surface area contributed by atoms with E-state index in [9.17, 15) is 18.4 Å². The molecular weight excluding hydrogens is 296 g/mol. The molecule has 1 aromatic heterocycles. The molecule has 2 rings (SSSR count). The first-order chi connectivity index (χ1) is 10.4. The quantitative estimate of drug-likeness (QED) is 0.731. The molecule has 0 radical (unpaired) electrons. The van der Waals surface area contributed by atoms with Gasteiger partial charge in [-0.05, 0) is 12.1 Å². The average Bonchev–Trinajstić information content (AvgIpc) is 2.87. The molecule has 0 unspecified atom stereocenters. The first kappa shape index (κ1) is 15.4. The van der Waals surface area contributed by atoms with Gasteiger partial charge in [-0.1, -0.05) is 0 Å². The minimum absolute atomic E-state index is 0.0810. The Labute approximate surface area is 124 Å². The number of aromatic nitrogens is 2. The number of nitrogens with one attached hydrogen (secondary N) is 2. The highest BCUT2D eigenvalue weighted by atomic mass is 19.1. The highest BCUT2D eigenvalue weighted by Crippen LogP contribution is 2.15. The molecule has 2 amide bonds. The van der Waals surface area contributed by atoms with Crippen molar-refractivity contribution in [2.45, 2.75) is 6.54 Å². The van der Waals surface area contributed by atoms with Crippen molar-refractivity contribution in [2.75, 3.05) is 17.2 Å². The van der Waals surface area contributed by atoms with E-state index in [1.165, 1.54) is 10.9 Å². The number of carbonyl (C=O) groups excluding carboxylic acids is 2. The first-order valence-corrected chi connectivity index (χ1v) is 6.24. The van der Waals surface area contributed by atoms with Gasteiger partial charge in [0, 0.05) is 18.3 Å². The van der Waals surface area contributed by atoms with Gasteiger partial charge in [0.05, 0.1) is 12.2 Å². The van der Waals surface area contributed by atoms with Crippen molar-refractivity contribution < 1.29 is 18.4 Å². The van der Waals surface area contributed by atoms with Crippen LogP contribution in [0.2, 0.25) is 0 Å². The van der Waals surface area contributed by atoms with Crippen molar-refractivity contribution in [2.24, 2.45) is 5.73 Å². The highest BCUT2D eigenvalue weighted by Gasteiger charge is 2.09. The molecule has 0 aliphatic rings. The normalized spacial score (nSPS) is 10.3. The number of benzene rings is 1. The number of halogens is 2. The van der Waals surface area contributed by atoms with Crippen molar-refractivity contribution in [3.63, 3.8) is 0 Å². The fourth-order valence-corrected chi connectivity index (χ4v) is 1.66. The van der Waals surface area contributed by atoms with Crippen LogP contribution < -0.4 is 16.4 Å². The van der Waals surface area contributed by atoms with Crippen molar-refractivity contribution >= 4 is 23.3 Å². The predicted molar refractivity (Wildman–Crippen MR) is 74.9 cm³/mol. The molecule has 9 heteroatoms. The van der Waals surface area contributed by atoms with E-state index in [4.69, 9.17) is 5.73 Å². The molecule has 1 heterocycles. The fourth-order valence-electron chi connectivity index (χ4n) is 1.66. The standard InChI is InChI=1S/C13H13F2N5O2/c14-8-1-2-9(15)10(5-8)18-13(22)6-17-12-3-4-20(19-12)7-11(16)21/h1-5H,6-7H2,(H2,16,21)(H,17,19)(H,18,22). The second kappa shape index (κ2) is 6.66. The SMILES string of the molecule is NC(=O)Cn1ccc(NCC(=O)Nc2cc(F)ccc2F)n1. The van der Waals surface area contributed by atoms with Gasteiger partial charge in [0.2, 0.25) is 11.8 Å². The molecule has 2 aromatic rings. The van der Waals surface area contributed by atoms with E-state index in [1.54, 1.807) is 6.07 Å². The zero-order chi connectivity index (χ0) is 16.1. The van der Waals surface area contributed by atoms with Gasteiger partial charge in [-0.3, -0.25) is 14.3 Å². The van der Waals surface area contributed by atoms with Gasteiger partial charge in [-0.25, -0.2) is 8.78 Å². The lowest BCUT2D eigenvalue weighted by Gasteiger charge is -2.07. The summed E-state index contributed by atoms with van der Waals surface area (Å²) in [5.41, 5.74) is 4.77. The summed E-state index contributed by atoms with van der Waals surface area (Å²) in [5.74, 6) is -2.17. The number of anilines is 2. The molecule has 0 spiro atoms. The summed E-state index contributed by atoms with van der Waals surface area (Å²) in [6, 6.07) is 4.30. The Morgan fingerprint density at radius 2 is 2.05 bits per heavy atom. The van der Waals surface area contributed by atoms with Crippen molar-refractivity contribution in [1.29, 1.82) is 0 Å². The van der Waals surface area contributed by atoms with Crippen LogP contribution in [0.5, 0.6) is 0 Å². The molecule has 0 saturated heterocycles.